The summed E-state index contributed by atoms with van der Waals surface area (Å²) in [5, 5.41) is 2.72. The van der Waals surface area contributed by atoms with Crippen LogP contribution in [-0.2, 0) is 17.3 Å². The molecule has 1 amide bonds. The molecule has 37 heavy (non-hydrogen) atoms. The first-order valence-electron chi connectivity index (χ1n) is 13.5. The van der Waals surface area contributed by atoms with Gasteiger partial charge in [-0.2, -0.15) is 0 Å². The molecule has 0 aliphatic carbocycles. The van der Waals surface area contributed by atoms with Crippen LogP contribution < -0.4 is 10.0 Å². The molecule has 0 bridgehead atoms. The number of carbonyl (C=O) groups excluding carboxylic acids is 1. The fourth-order valence-electron chi connectivity index (χ4n) is 3.03. The highest BCUT2D eigenvalue weighted by Crippen LogP contribution is 2.28. The maximum atomic E-state index is 11.1. The van der Waals surface area contributed by atoms with Gasteiger partial charge in [0.25, 0.3) is 0 Å². The summed E-state index contributed by atoms with van der Waals surface area (Å²) in [6, 6.07) is 6.21. The van der Waals surface area contributed by atoms with Gasteiger partial charge in [0, 0.05) is 35.7 Å². The summed E-state index contributed by atoms with van der Waals surface area (Å²) in [6.07, 6.45) is 10.8. The van der Waals surface area contributed by atoms with E-state index >= 15 is 0 Å². The Kier molecular flexibility index (Phi) is 16.7. The summed E-state index contributed by atoms with van der Waals surface area (Å²) in [4.78, 5) is 17.0. The first-order chi connectivity index (χ1) is 17.3. The van der Waals surface area contributed by atoms with Crippen molar-refractivity contribution in [3.05, 3.63) is 59.4 Å². The van der Waals surface area contributed by atoms with Crippen LogP contribution in [0.1, 0.15) is 101 Å². The molecule has 2 aromatic rings. The van der Waals surface area contributed by atoms with Gasteiger partial charge in [-0.05, 0) is 61.2 Å². The Morgan fingerprint density at radius 1 is 1.14 bits per heavy atom. The van der Waals surface area contributed by atoms with E-state index in [4.69, 9.17) is 4.98 Å². The van der Waals surface area contributed by atoms with Gasteiger partial charge in [0.05, 0.1) is 11.0 Å². The number of nitrogens with one attached hydrogen (secondary N) is 2. The molecule has 0 aliphatic rings. The lowest BCUT2D eigenvalue weighted by molar-refractivity contribution is -0.118. The number of nitrogens with zero attached hydrogens (tertiary/aromatic N) is 2. The summed E-state index contributed by atoms with van der Waals surface area (Å²) in [5.74, 6) is 1.84. The molecule has 2 N–H and O–H groups in total. The molecule has 0 atom stereocenters. The maximum absolute atomic E-state index is 11.1. The standard InChI is InChI=1S/C21H28N4OS.2C5H12/c1-8-16(22-15(3)26)10-9-14(2)27-24-17-11-12-19-18(13-17)23-20(25(19)7)21(4,5)6;1-4-5(2)3;1-3-5-4-2/h8-13,24H,1H2,2-7H3,(H,22,26);5H,4H2,1-3H3;3-5H2,1-2H3/b14-9+,16-10+;;. The lowest BCUT2D eigenvalue weighted by Gasteiger charge is -2.17. The van der Waals surface area contributed by atoms with Crippen LogP contribution in [0.25, 0.3) is 11.0 Å². The van der Waals surface area contributed by atoms with E-state index in [1.807, 2.05) is 19.1 Å². The van der Waals surface area contributed by atoms with Crippen molar-refractivity contribution in [2.45, 2.75) is 100 Å². The van der Waals surface area contributed by atoms with Gasteiger partial charge in [-0.3, -0.25) is 4.79 Å². The Morgan fingerprint density at radius 2 is 1.73 bits per heavy atom. The van der Waals surface area contributed by atoms with E-state index in [1.165, 1.54) is 44.6 Å². The normalized spacial score (nSPS) is 11.9. The lowest BCUT2D eigenvalue weighted by atomic mass is 9.96. The Labute approximate surface area is 231 Å². The van der Waals surface area contributed by atoms with Gasteiger partial charge in [0.2, 0.25) is 5.91 Å². The SMILES string of the molecule is C=C/C(=C\C=C(/C)SNc1ccc2c(c1)nc(C(C)(C)C)n2C)NC(C)=O.CCC(C)C.CCCCC. The molecule has 1 aromatic heterocycles. The lowest BCUT2D eigenvalue weighted by Crippen LogP contribution is -2.17. The van der Waals surface area contributed by atoms with Crippen LogP contribution in [0.2, 0.25) is 0 Å². The van der Waals surface area contributed by atoms with Gasteiger partial charge in [-0.25, -0.2) is 4.98 Å². The highest BCUT2D eigenvalue weighted by molar-refractivity contribution is 8.04. The second kappa shape index (κ2) is 17.9. The van der Waals surface area contributed by atoms with Crippen LogP contribution in [0.15, 0.2) is 53.6 Å². The van der Waals surface area contributed by atoms with Gasteiger partial charge in [0.1, 0.15) is 5.82 Å². The van der Waals surface area contributed by atoms with Crippen LogP contribution in [-0.4, -0.2) is 15.5 Å². The zero-order valence-electron chi connectivity index (χ0n) is 25.3. The number of unbranched alkanes of at least 4 members (excludes halogenated alkanes) is 2. The van der Waals surface area contributed by atoms with Crippen LogP contribution in [0.4, 0.5) is 5.69 Å². The van der Waals surface area contributed by atoms with Crippen LogP contribution in [0.5, 0.6) is 0 Å². The second-order valence-electron chi connectivity index (χ2n) is 10.6. The van der Waals surface area contributed by atoms with Gasteiger partial charge in [-0.1, -0.05) is 87.7 Å². The molecule has 5 nitrogen and oxygen atoms in total. The number of allylic oxidation sites excluding steroid dienone is 4. The Morgan fingerprint density at radius 3 is 2.16 bits per heavy atom. The Bertz CT molecular complexity index is 1020. The van der Waals surface area contributed by atoms with Crippen molar-refractivity contribution >= 4 is 34.6 Å². The van der Waals surface area contributed by atoms with Crippen molar-refractivity contribution in [2.24, 2.45) is 13.0 Å². The van der Waals surface area contributed by atoms with E-state index in [1.54, 1.807) is 6.08 Å². The minimum Gasteiger partial charge on any atom is -0.331 e. The topological polar surface area (TPSA) is 59.0 Å². The number of rotatable bonds is 9. The summed E-state index contributed by atoms with van der Waals surface area (Å²) in [6.45, 7) is 24.7. The molecule has 2 rings (SSSR count). The van der Waals surface area contributed by atoms with Crippen LogP contribution >= 0.6 is 11.9 Å². The summed E-state index contributed by atoms with van der Waals surface area (Å²) in [7, 11) is 2.06. The quantitative estimate of drug-likeness (QED) is 0.251. The maximum Gasteiger partial charge on any atom is 0.221 e. The number of aromatic nitrogens is 2. The van der Waals surface area contributed by atoms with Gasteiger partial charge >= 0.3 is 0 Å². The van der Waals surface area contributed by atoms with Gasteiger partial charge < -0.3 is 14.6 Å². The average molecular weight is 529 g/mol. The minimum atomic E-state index is -0.115. The number of hydrogen-bond donors (Lipinski definition) is 2. The predicted molar refractivity (Wildman–Crippen MR) is 167 cm³/mol. The van der Waals surface area contributed by atoms with E-state index < -0.39 is 0 Å². The van der Waals surface area contributed by atoms with Crippen molar-refractivity contribution < 1.29 is 4.79 Å². The molecule has 0 radical (unpaired) electrons. The highest BCUT2D eigenvalue weighted by atomic mass is 32.2. The van der Waals surface area contributed by atoms with Crippen molar-refractivity contribution in [2.75, 3.05) is 4.72 Å². The average Bonchev–Trinajstić information content (AvgIpc) is 3.17. The molecule has 0 aliphatic heterocycles. The third-order valence-electron chi connectivity index (χ3n) is 5.44. The molecule has 0 fully saturated rings. The van der Waals surface area contributed by atoms with E-state index in [0.29, 0.717) is 5.70 Å². The summed E-state index contributed by atoms with van der Waals surface area (Å²) >= 11 is 1.51. The zero-order chi connectivity index (χ0) is 28.6. The number of benzene rings is 1. The first kappa shape index (κ1) is 34.5. The summed E-state index contributed by atoms with van der Waals surface area (Å²) < 4.78 is 5.50. The molecule has 0 spiro atoms. The molecule has 6 heteroatoms. The largest absolute Gasteiger partial charge is 0.331 e. The Balaban J connectivity index is 0.00000110. The third-order valence-corrected chi connectivity index (χ3v) is 6.24. The fourth-order valence-corrected chi connectivity index (χ4v) is 3.57. The summed E-state index contributed by atoms with van der Waals surface area (Å²) in [5.41, 5.74) is 3.77. The molecule has 1 heterocycles. The van der Waals surface area contributed by atoms with Crippen molar-refractivity contribution in [1.29, 1.82) is 0 Å². The fraction of sp³-hybridized carbons (Fsp3) is 0.548. The number of carbonyl (C=O) groups is 1. The monoisotopic (exact) mass is 528 g/mol. The number of imidazole rings is 1. The van der Waals surface area contributed by atoms with E-state index in [9.17, 15) is 4.79 Å². The van der Waals surface area contributed by atoms with Gasteiger partial charge in [-0.15, -0.1) is 0 Å². The molecule has 1 aromatic carbocycles. The third kappa shape index (κ3) is 14.2. The number of anilines is 1. The minimum absolute atomic E-state index is 0.00145. The molecule has 208 valence electrons. The van der Waals surface area contributed by atoms with Crippen LogP contribution in [0.3, 0.4) is 0 Å². The first-order valence-corrected chi connectivity index (χ1v) is 14.3. The van der Waals surface area contributed by atoms with Gasteiger partial charge in [0.15, 0.2) is 0 Å². The molecule has 0 unspecified atom stereocenters. The number of amides is 1. The number of fused-ring (bicyclic) bond motifs is 1. The molecule has 0 saturated heterocycles. The number of aryl methyl sites for hydroxylation is 1. The molecular weight excluding hydrogens is 476 g/mol. The zero-order valence-corrected chi connectivity index (χ0v) is 26.1. The van der Waals surface area contributed by atoms with E-state index in [-0.39, 0.29) is 11.3 Å². The van der Waals surface area contributed by atoms with Crippen molar-refractivity contribution in [3.63, 3.8) is 0 Å². The smallest absolute Gasteiger partial charge is 0.221 e. The van der Waals surface area contributed by atoms with E-state index in [0.717, 1.165) is 33.4 Å². The second-order valence-corrected chi connectivity index (χ2v) is 11.6. The molecule has 0 saturated carbocycles. The Hall–Kier alpha value is -2.47. The van der Waals surface area contributed by atoms with Crippen LogP contribution in [0, 0.1) is 5.92 Å². The predicted octanol–water partition coefficient (Wildman–Crippen LogP) is 9.29. The van der Waals surface area contributed by atoms with Crippen molar-refractivity contribution in [1.82, 2.24) is 14.9 Å². The highest BCUT2D eigenvalue weighted by Gasteiger charge is 2.21. The molecular formula is C31H52N4OS. The van der Waals surface area contributed by atoms with E-state index in [2.05, 4.69) is 102 Å². The van der Waals surface area contributed by atoms with Crippen molar-refractivity contribution in [3.8, 4) is 0 Å². The number of hydrogen-bond acceptors (Lipinski definition) is 4.